The van der Waals surface area contributed by atoms with E-state index in [-0.39, 0.29) is 0 Å². The Morgan fingerprint density at radius 3 is 2.21 bits per heavy atom. The van der Waals surface area contributed by atoms with Gasteiger partial charge in [0.25, 0.3) is 0 Å². The summed E-state index contributed by atoms with van der Waals surface area (Å²) in [7, 11) is 0. The van der Waals surface area contributed by atoms with Gasteiger partial charge in [-0.3, -0.25) is 0 Å². The molecule has 3 rings (SSSR count). The minimum absolute atomic E-state index is 0.303. The van der Waals surface area contributed by atoms with Crippen molar-refractivity contribution < 1.29 is 8.78 Å². The van der Waals surface area contributed by atoms with Crippen LogP contribution in [0, 0.1) is 31.4 Å². The van der Waals surface area contributed by atoms with Crippen molar-refractivity contribution in [3.63, 3.8) is 0 Å². The van der Waals surface area contributed by atoms with Gasteiger partial charge in [0.15, 0.2) is 11.6 Å². The van der Waals surface area contributed by atoms with E-state index in [1.54, 1.807) is 16.7 Å². The van der Waals surface area contributed by atoms with E-state index in [0.717, 1.165) is 24.2 Å². The molecule has 0 aliphatic heterocycles. The summed E-state index contributed by atoms with van der Waals surface area (Å²) in [5, 5.41) is 0. The molecule has 3 heteroatoms. The fraction of sp³-hybridized carbons (Fsp3) is 0.375. The third kappa shape index (κ3) is 2.18. The van der Waals surface area contributed by atoms with Crippen molar-refractivity contribution in [3.8, 4) is 5.69 Å². The average Bonchev–Trinajstić information content (AvgIpc) is 3.14. The molecule has 0 amide bonds. The Kier molecular flexibility index (Phi) is 2.92. The summed E-state index contributed by atoms with van der Waals surface area (Å²) in [6, 6.07) is 7.23. The van der Waals surface area contributed by atoms with Gasteiger partial charge < -0.3 is 4.57 Å². The van der Waals surface area contributed by atoms with Crippen LogP contribution in [-0.4, -0.2) is 4.57 Å². The molecule has 1 nitrogen and oxygen atoms in total. The average molecular weight is 261 g/mol. The largest absolute Gasteiger partial charge is 0.316 e. The Balaban J connectivity index is 2.05. The predicted octanol–water partition coefficient (Wildman–Crippen LogP) is 4.32. The zero-order valence-electron chi connectivity index (χ0n) is 11.2. The van der Waals surface area contributed by atoms with Gasteiger partial charge in [0.1, 0.15) is 0 Å². The molecular weight excluding hydrogens is 244 g/mol. The maximum absolute atomic E-state index is 14.3. The Bertz CT molecular complexity index is 604. The molecule has 0 radical (unpaired) electrons. The number of hydrogen-bond donors (Lipinski definition) is 0. The first-order valence-electron chi connectivity index (χ1n) is 6.70. The molecule has 0 spiro atoms. The maximum atomic E-state index is 14.3. The van der Waals surface area contributed by atoms with Crippen LogP contribution < -0.4 is 0 Å². The number of rotatable bonds is 3. The van der Waals surface area contributed by atoms with E-state index in [1.807, 2.05) is 26.0 Å². The van der Waals surface area contributed by atoms with Crippen LogP contribution in [0.1, 0.15) is 29.8 Å². The number of halogens is 2. The van der Waals surface area contributed by atoms with Crippen LogP contribution in [0.2, 0.25) is 0 Å². The fourth-order valence-corrected chi connectivity index (χ4v) is 2.59. The zero-order valence-corrected chi connectivity index (χ0v) is 11.2. The highest BCUT2D eigenvalue weighted by Gasteiger charge is 2.25. The van der Waals surface area contributed by atoms with Crippen LogP contribution in [-0.2, 0) is 6.42 Å². The molecule has 19 heavy (non-hydrogen) atoms. The van der Waals surface area contributed by atoms with Crippen molar-refractivity contribution in [2.75, 3.05) is 0 Å². The lowest BCUT2D eigenvalue weighted by Crippen LogP contribution is -2.06. The van der Waals surface area contributed by atoms with E-state index in [1.165, 1.54) is 0 Å². The zero-order chi connectivity index (χ0) is 13.6. The quantitative estimate of drug-likeness (QED) is 0.775. The van der Waals surface area contributed by atoms with Crippen molar-refractivity contribution in [1.29, 1.82) is 0 Å². The highest BCUT2D eigenvalue weighted by atomic mass is 19.2. The van der Waals surface area contributed by atoms with Crippen LogP contribution in [0.5, 0.6) is 0 Å². The number of hydrogen-bond acceptors (Lipinski definition) is 0. The maximum Gasteiger partial charge on any atom is 0.183 e. The lowest BCUT2D eigenvalue weighted by atomic mass is 10.1. The van der Waals surface area contributed by atoms with Crippen molar-refractivity contribution >= 4 is 0 Å². The summed E-state index contributed by atoms with van der Waals surface area (Å²) in [4.78, 5) is 0. The van der Waals surface area contributed by atoms with Gasteiger partial charge in [-0.2, -0.15) is 0 Å². The number of aryl methyl sites for hydroxylation is 2. The molecule has 1 aromatic carbocycles. The molecule has 1 saturated carbocycles. The molecule has 1 aromatic heterocycles. The van der Waals surface area contributed by atoms with Crippen LogP contribution in [0.25, 0.3) is 5.69 Å². The minimum Gasteiger partial charge on any atom is -0.316 e. The molecule has 1 aliphatic carbocycles. The summed E-state index contributed by atoms with van der Waals surface area (Å²) in [5.41, 5.74) is 2.62. The van der Waals surface area contributed by atoms with E-state index >= 15 is 0 Å². The molecule has 1 fully saturated rings. The van der Waals surface area contributed by atoms with Gasteiger partial charge in [-0.25, -0.2) is 8.78 Å². The third-order valence-corrected chi connectivity index (χ3v) is 3.86. The van der Waals surface area contributed by atoms with Gasteiger partial charge in [-0.1, -0.05) is 6.07 Å². The second-order valence-electron chi connectivity index (χ2n) is 5.47. The van der Waals surface area contributed by atoms with Gasteiger partial charge in [0.05, 0.1) is 5.69 Å². The first kappa shape index (κ1) is 12.4. The number of benzene rings is 1. The van der Waals surface area contributed by atoms with Crippen molar-refractivity contribution in [1.82, 2.24) is 4.57 Å². The highest BCUT2D eigenvalue weighted by molar-refractivity contribution is 5.42. The fourth-order valence-electron chi connectivity index (χ4n) is 2.59. The molecule has 0 saturated heterocycles. The van der Waals surface area contributed by atoms with Crippen LogP contribution in [0.15, 0.2) is 24.3 Å². The van der Waals surface area contributed by atoms with E-state index in [9.17, 15) is 8.78 Å². The Morgan fingerprint density at radius 1 is 1.00 bits per heavy atom. The van der Waals surface area contributed by atoms with Gasteiger partial charge in [0.2, 0.25) is 0 Å². The molecule has 1 heterocycles. The smallest absolute Gasteiger partial charge is 0.183 e. The molecule has 0 unspecified atom stereocenters. The van der Waals surface area contributed by atoms with Crippen LogP contribution in [0.4, 0.5) is 8.78 Å². The van der Waals surface area contributed by atoms with Crippen molar-refractivity contribution in [2.24, 2.45) is 5.92 Å². The third-order valence-electron chi connectivity index (χ3n) is 3.86. The van der Waals surface area contributed by atoms with Crippen molar-refractivity contribution in [3.05, 3.63) is 52.9 Å². The Morgan fingerprint density at radius 2 is 1.63 bits per heavy atom. The molecule has 1 aliphatic rings. The van der Waals surface area contributed by atoms with E-state index in [4.69, 9.17) is 0 Å². The summed E-state index contributed by atoms with van der Waals surface area (Å²) >= 11 is 0. The first-order valence-corrected chi connectivity index (χ1v) is 6.70. The Hall–Kier alpha value is -1.64. The monoisotopic (exact) mass is 261 g/mol. The normalized spacial score (nSPS) is 14.9. The summed E-state index contributed by atoms with van der Waals surface area (Å²) in [6.45, 7) is 3.78. The van der Waals surface area contributed by atoms with Gasteiger partial charge in [-0.05, 0) is 62.8 Å². The molecular formula is C16H17F2N. The standard InChI is InChI=1S/C16H17F2N/c1-10-3-4-11(2)19(10)14-8-7-13(9-12-5-6-12)15(17)16(14)18/h3-4,7-8,12H,5-6,9H2,1-2H3. The van der Waals surface area contributed by atoms with E-state index < -0.39 is 11.6 Å². The van der Waals surface area contributed by atoms with Gasteiger partial charge in [-0.15, -0.1) is 0 Å². The molecule has 2 aromatic rings. The van der Waals surface area contributed by atoms with Crippen LogP contribution >= 0.6 is 0 Å². The number of aromatic nitrogens is 1. The molecule has 0 bridgehead atoms. The minimum atomic E-state index is -0.736. The number of nitrogens with zero attached hydrogens (tertiary/aromatic N) is 1. The molecule has 100 valence electrons. The SMILES string of the molecule is Cc1ccc(C)n1-c1ccc(CC2CC2)c(F)c1F. The van der Waals surface area contributed by atoms with Crippen LogP contribution in [0.3, 0.4) is 0 Å². The highest BCUT2D eigenvalue weighted by Crippen LogP contribution is 2.34. The molecule has 0 atom stereocenters. The summed E-state index contributed by atoms with van der Waals surface area (Å²) in [6.07, 6.45) is 2.93. The van der Waals surface area contributed by atoms with E-state index in [0.29, 0.717) is 23.6 Å². The lowest BCUT2D eigenvalue weighted by Gasteiger charge is -2.13. The van der Waals surface area contributed by atoms with Crippen molar-refractivity contribution in [2.45, 2.75) is 33.1 Å². The second-order valence-corrected chi connectivity index (χ2v) is 5.47. The van der Waals surface area contributed by atoms with Gasteiger partial charge >= 0.3 is 0 Å². The van der Waals surface area contributed by atoms with E-state index in [2.05, 4.69) is 0 Å². The topological polar surface area (TPSA) is 4.93 Å². The Labute approximate surface area is 111 Å². The molecule has 0 N–H and O–H groups in total. The predicted molar refractivity (Wildman–Crippen MR) is 71.6 cm³/mol. The summed E-state index contributed by atoms with van der Waals surface area (Å²) in [5.74, 6) is -0.868. The summed E-state index contributed by atoms with van der Waals surface area (Å²) < 4.78 is 30.1. The first-order chi connectivity index (χ1) is 9.08. The lowest BCUT2D eigenvalue weighted by molar-refractivity contribution is 0.491. The van der Waals surface area contributed by atoms with Gasteiger partial charge in [0, 0.05) is 11.4 Å². The second kappa shape index (κ2) is 4.48.